The van der Waals surface area contributed by atoms with Gasteiger partial charge in [0.05, 0.1) is 0 Å². The predicted octanol–water partition coefficient (Wildman–Crippen LogP) is 0.551. The quantitative estimate of drug-likeness (QED) is 0.685. The van der Waals surface area contributed by atoms with Crippen LogP contribution in [0.25, 0.3) is 0 Å². The Morgan fingerprint density at radius 1 is 1.38 bits per heavy atom. The zero-order valence-electron chi connectivity index (χ0n) is 6.69. The molecule has 2 heterocycles. The summed E-state index contributed by atoms with van der Waals surface area (Å²) < 4.78 is 10.3. The molecule has 1 N–H and O–H groups in total. The number of hydrogen-bond acceptors (Lipinski definition) is 4. The highest BCUT2D eigenvalue weighted by Gasteiger charge is 2.15. The zero-order chi connectivity index (χ0) is 9.26. The molecule has 5 nitrogen and oxygen atoms in total. The fourth-order valence-corrected chi connectivity index (χ4v) is 1.05. The molecule has 1 aliphatic rings. The number of pyridine rings is 1. The molecule has 2 rings (SSSR count). The van der Waals surface area contributed by atoms with E-state index in [-0.39, 0.29) is 11.6 Å². The van der Waals surface area contributed by atoms with Crippen LogP contribution in [0.2, 0.25) is 0 Å². The smallest absolute Gasteiger partial charge is 0.354 e. The van der Waals surface area contributed by atoms with Gasteiger partial charge in [0.25, 0.3) is 5.88 Å². The summed E-state index contributed by atoms with van der Waals surface area (Å²) in [5, 5.41) is 8.63. The van der Waals surface area contributed by atoms with Crippen LogP contribution in [0, 0.1) is 0 Å². The van der Waals surface area contributed by atoms with E-state index in [0.29, 0.717) is 19.0 Å². The number of fused-ring (bicyclic) bond motifs is 1. The average Bonchev–Trinajstić information content (AvgIpc) is 2.17. The van der Waals surface area contributed by atoms with Gasteiger partial charge in [-0.15, -0.1) is 0 Å². The van der Waals surface area contributed by atoms with Crippen molar-refractivity contribution < 1.29 is 19.4 Å². The van der Waals surface area contributed by atoms with Gasteiger partial charge in [0.15, 0.2) is 11.4 Å². The molecule has 0 unspecified atom stereocenters. The second-order valence-corrected chi connectivity index (χ2v) is 2.50. The first kappa shape index (κ1) is 7.85. The Morgan fingerprint density at radius 3 is 2.92 bits per heavy atom. The second kappa shape index (κ2) is 2.93. The number of aromatic nitrogens is 1. The van der Waals surface area contributed by atoms with Gasteiger partial charge < -0.3 is 14.6 Å². The maximum absolute atomic E-state index is 10.5. The molecule has 0 radical (unpaired) electrons. The Morgan fingerprint density at radius 2 is 2.15 bits per heavy atom. The third kappa shape index (κ3) is 1.40. The third-order valence-electron chi connectivity index (χ3n) is 1.62. The average molecular weight is 181 g/mol. The molecule has 0 amide bonds. The standard InChI is InChI=1S/C8H7NO4/c10-8(11)5-1-2-6-7(9-5)13-4-3-12-6/h1-2H,3-4H2,(H,10,11). The van der Waals surface area contributed by atoms with E-state index in [9.17, 15) is 4.79 Å². The summed E-state index contributed by atoms with van der Waals surface area (Å²) >= 11 is 0. The molecule has 0 aromatic carbocycles. The molecule has 0 saturated heterocycles. The number of rotatable bonds is 1. The van der Waals surface area contributed by atoms with Crippen LogP contribution in [-0.4, -0.2) is 29.3 Å². The molecular weight excluding hydrogens is 174 g/mol. The third-order valence-corrected chi connectivity index (χ3v) is 1.62. The summed E-state index contributed by atoms with van der Waals surface area (Å²) in [5.41, 5.74) is -0.0377. The molecule has 0 fully saturated rings. The number of aromatic carboxylic acids is 1. The molecule has 1 aromatic rings. The summed E-state index contributed by atoms with van der Waals surface area (Å²) in [6.07, 6.45) is 0. The molecule has 0 atom stereocenters. The highest BCUT2D eigenvalue weighted by Crippen LogP contribution is 2.27. The van der Waals surface area contributed by atoms with Gasteiger partial charge in [0.2, 0.25) is 0 Å². The van der Waals surface area contributed by atoms with Crippen molar-refractivity contribution in [2.75, 3.05) is 13.2 Å². The van der Waals surface area contributed by atoms with E-state index in [1.54, 1.807) is 6.07 Å². The van der Waals surface area contributed by atoms with Gasteiger partial charge >= 0.3 is 5.97 Å². The summed E-state index contributed by atoms with van der Waals surface area (Å²) in [6, 6.07) is 2.93. The van der Waals surface area contributed by atoms with E-state index in [1.807, 2.05) is 0 Å². The van der Waals surface area contributed by atoms with Crippen molar-refractivity contribution >= 4 is 5.97 Å². The summed E-state index contributed by atoms with van der Waals surface area (Å²) in [7, 11) is 0. The minimum absolute atomic E-state index is 0.0377. The minimum atomic E-state index is -1.07. The first-order chi connectivity index (χ1) is 6.27. The van der Waals surface area contributed by atoms with Crippen LogP contribution in [-0.2, 0) is 0 Å². The summed E-state index contributed by atoms with van der Waals surface area (Å²) in [4.78, 5) is 14.3. The normalized spacial score (nSPS) is 13.8. The van der Waals surface area contributed by atoms with Crippen LogP contribution >= 0.6 is 0 Å². The van der Waals surface area contributed by atoms with Crippen molar-refractivity contribution in [3.63, 3.8) is 0 Å². The number of nitrogens with zero attached hydrogens (tertiary/aromatic N) is 1. The molecule has 0 spiro atoms. The highest BCUT2D eigenvalue weighted by atomic mass is 16.6. The molecule has 1 aromatic heterocycles. The van der Waals surface area contributed by atoms with Gasteiger partial charge in [-0.05, 0) is 12.1 Å². The van der Waals surface area contributed by atoms with Gasteiger partial charge in [-0.25, -0.2) is 9.78 Å². The Hall–Kier alpha value is -1.78. The lowest BCUT2D eigenvalue weighted by Crippen LogP contribution is -2.17. The molecule has 68 valence electrons. The molecular formula is C8H7NO4. The van der Waals surface area contributed by atoms with Gasteiger partial charge in [-0.2, -0.15) is 0 Å². The second-order valence-electron chi connectivity index (χ2n) is 2.50. The van der Waals surface area contributed by atoms with Crippen molar-refractivity contribution in [2.45, 2.75) is 0 Å². The maximum atomic E-state index is 10.5. The number of carboxylic acids is 1. The fourth-order valence-electron chi connectivity index (χ4n) is 1.05. The van der Waals surface area contributed by atoms with E-state index in [0.717, 1.165) is 0 Å². The van der Waals surface area contributed by atoms with Crippen LogP contribution in [0.5, 0.6) is 11.6 Å². The lowest BCUT2D eigenvalue weighted by molar-refractivity contribution is 0.0687. The van der Waals surface area contributed by atoms with Crippen molar-refractivity contribution in [2.24, 2.45) is 0 Å². The Kier molecular flexibility index (Phi) is 1.77. The maximum Gasteiger partial charge on any atom is 0.354 e. The van der Waals surface area contributed by atoms with Gasteiger partial charge in [0.1, 0.15) is 13.2 Å². The van der Waals surface area contributed by atoms with Gasteiger partial charge in [0, 0.05) is 0 Å². The summed E-state index contributed by atoms with van der Waals surface area (Å²) in [6.45, 7) is 0.879. The molecule has 5 heteroatoms. The number of carboxylic acid groups (broad SMARTS) is 1. The first-order valence-electron chi connectivity index (χ1n) is 3.77. The molecule has 0 bridgehead atoms. The monoisotopic (exact) mass is 181 g/mol. The Bertz CT molecular complexity index is 350. The van der Waals surface area contributed by atoms with E-state index in [1.165, 1.54) is 6.07 Å². The van der Waals surface area contributed by atoms with Crippen molar-refractivity contribution in [1.29, 1.82) is 0 Å². The summed E-state index contributed by atoms with van der Waals surface area (Å²) in [5.74, 6) is -0.320. The van der Waals surface area contributed by atoms with Crippen LogP contribution in [0.15, 0.2) is 12.1 Å². The van der Waals surface area contributed by atoms with Crippen molar-refractivity contribution in [3.8, 4) is 11.6 Å². The fraction of sp³-hybridized carbons (Fsp3) is 0.250. The van der Waals surface area contributed by atoms with E-state index in [4.69, 9.17) is 14.6 Å². The molecule has 0 aliphatic carbocycles. The van der Waals surface area contributed by atoms with Crippen molar-refractivity contribution in [3.05, 3.63) is 17.8 Å². The number of ether oxygens (including phenoxy) is 2. The highest BCUT2D eigenvalue weighted by molar-refractivity contribution is 5.85. The number of hydrogen-bond donors (Lipinski definition) is 1. The predicted molar refractivity (Wildman–Crippen MR) is 42.2 cm³/mol. The SMILES string of the molecule is O=C(O)c1ccc2c(n1)OCCO2. The van der Waals surface area contributed by atoms with Gasteiger partial charge in [-0.3, -0.25) is 0 Å². The van der Waals surface area contributed by atoms with Crippen molar-refractivity contribution in [1.82, 2.24) is 4.98 Å². The van der Waals surface area contributed by atoms with Crippen LogP contribution < -0.4 is 9.47 Å². The molecule has 13 heavy (non-hydrogen) atoms. The van der Waals surface area contributed by atoms with Crippen LogP contribution in [0.1, 0.15) is 10.5 Å². The van der Waals surface area contributed by atoms with E-state index >= 15 is 0 Å². The topological polar surface area (TPSA) is 68.7 Å². The first-order valence-corrected chi connectivity index (χ1v) is 3.77. The zero-order valence-corrected chi connectivity index (χ0v) is 6.69. The van der Waals surface area contributed by atoms with E-state index < -0.39 is 5.97 Å². The molecule has 0 saturated carbocycles. The lowest BCUT2D eigenvalue weighted by atomic mass is 10.3. The number of carbonyl (C=O) groups is 1. The lowest BCUT2D eigenvalue weighted by Gasteiger charge is -2.16. The van der Waals surface area contributed by atoms with E-state index in [2.05, 4.69) is 4.98 Å². The van der Waals surface area contributed by atoms with Crippen LogP contribution in [0.4, 0.5) is 0 Å². The minimum Gasteiger partial charge on any atom is -0.484 e. The molecule has 1 aliphatic heterocycles. The largest absolute Gasteiger partial charge is 0.484 e. The van der Waals surface area contributed by atoms with Gasteiger partial charge in [-0.1, -0.05) is 0 Å². The Balaban J connectivity index is 2.40. The van der Waals surface area contributed by atoms with Crippen LogP contribution in [0.3, 0.4) is 0 Å². The Labute approximate surface area is 73.9 Å².